The van der Waals surface area contributed by atoms with Crippen LogP contribution in [0, 0.1) is 0 Å². The van der Waals surface area contributed by atoms with E-state index in [1.54, 1.807) is 0 Å². The predicted molar refractivity (Wildman–Crippen MR) is 226 cm³/mol. The monoisotopic (exact) mass is 717 g/mol. The van der Waals surface area contributed by atoms with Gasteiger partial charge in [0.25, 0.3) is 0 Å². The molecule has 0 atom stereocenters. The summed E-state index contributed by atoms with van der Waals surface area (Å²) in [5.74, 6) is 1.73. The van der Waals surface area contributed by atoms with Crippen molar-refractivity contribution in [2.24, 2.45) is 0 Å². The van der Waals surface area contributed by atoms with Crippen LogP contribution in [0.5, 0.6) is 0 Å². The number of furan rings is 1. The zero-order valence-corrected chi connectivity index (χ0v) is 30.0. The molecule has 0 unspecified atom stereocenters. The van der Waals surface area contributed by atoms with Gasteiger partial charge in [-0.2, -0.15) is 0 Å². The molecule has 7 aromatic carbocycles. The molecule has 6 heteroatoms. The van der Waals surface area contributed by atoms with E-state index >= 15 is 0 Å². The van der Waals surface area contributed by atoms with Gasteiger partial charge in [0.15, 0.2) is 17.5 Å². The molecule has 262 valence electrons. The quantitative estimate of drug-likeness (QED) is 0.171. The molecule has 0 aliphatic rings. The second kappa shape index (κ2) is 13.0. The van der Waals surface area contributed by atoms with Crippen molar-refractivity contribution in [3.05, 3.63) is 188 Å². The number of hydrogen-bond acceptors (Lipinski definition) is 5. The van der Waals surface area contributed by atoms with Gasteiger partial charge in [-0.05, 0) is 60.2 Å². The van der Waals surface area contributed by atoms with Crippen molar-refractivity contribution < 1.29 is 4.42 Å². The van der Waals surface area contributed by atoms with E-state index in [0.29, 0.717) is 17.5 Å². The maximum atomic E-state index is 6.59. The van der Waals surface area contributed by atoms with E-state index in [0.717, 1.165) is 77.7 Å². The highest BCUT2D eigenvalue weighted by Crippen LogP contribution is 2.43. The molecule has 11 rings (SSSR count). The summed E-state index contributed by atoms with van der Waals surface area (Å²) in [4.78, 5) is 20.5. The van der Waals surface area contributed by atoms with Crippen LogP contribution >= 0.6 is 0 Å². The SMILES string of the molecule is c1ccc(-c2cnc(-c3ccc4oc5ccc6c7ccccc7n(-c7ccccc7)c6c5c4c3)c(-c3nc(-c4ccccc4)nc(-c4ccccc4)n3)c2)cc1. The van der Waals surface area contributed by atoms with E-state index in [-0.39, 0.29) is 0 Å². The number of para-hydroxylation sites is 2. The van der Waals surface area contributed by atoms with Gasteiger partial charge in [-0.15, -0.1) is 0 Å². The van der Waals surface area contributed by atoms with E-state index in [9.17, 15) is 0 Å². The Labute approximate surface area is 322 Å². The van der Waals surface area contributed by atoms with Crippen LogP contribution in [0.4, 0.5) is 0 Å². The molecule has 4 aromatic heterocycles. The summed E-state index contributed by atoms with van der Waals surface area (Å²) >= 11 is 0. The molecule has 0 saturated carbocycles. The fraction of sp³-hybridized carbons (Fsp3) is 0. The average molecular weight is 718 g/mol. The van der Waals surface area contributed by atoms with E-state index in [4.69, 9.17) is 24.4 Å². The van der Waals surface area contributed by atoms with Gasteiger partial charge in [-0.1, -0.05) is 127 Å². The Balaban J connectivity index is 1.19. The number of rotatable bonds is 6. The van der Waals surface area contributed by atoms with Crippen LogP contribution < -0.4 is 0 Å². The van der Waals surface area contributed by atoms with Crippen molar-refractivity contribution in [2.75, 3.05) is 0 Å². The minimum atomic E-state index is 0.543. The van der Waals surface area contributed by atoms with Crippen LogP contribution in [0.2, 0.25) is 0 Å². The topological polar surface area (TPSA) is 69.6 Å². The summed E-state index contributed by atoms with van der Waals surface area (Å²) in [6.07, 6.45) is 1.94. The van der Waals surface area contributed by atoms with Crippen molar-refractivity contribution in [3.63, 3.8) is 0 Å². The minimum Gasteiger partial charge on any atom is -0.456 e. The Morgan fingerprint density at radius 2 is 1.00 bits per heavy atom. The summed E-state index contributed by atoms with van der Waals surface area (Å²) in [6.45, 7) is 0. The van der Waals surface area contributed by atoms with Gasteiger partial charge in [0.05, 0.1) is 22.1 Å². The molecule has 0 fully saturated rings. The molecule has 0 bridgehead atoms. The predicted octanol–water partition coefficient (Wildman–Crippen LogP) is 12.6. The highest BCUT2D eigenvalue weighted by atomic mass is 16.3. The van der Waals surface area contributed by atoms with Gasteiger partial charge in [-0.3, -0.25) is 4.98 Å². The lowest BCUT2D eigenvalue weighted by Crippen LogP contribution is -2.02. The van der Waals surface area contributed by atoms with E-state index in [1.165, 1.54) is 10.8 Å². The fourth-order valence-electron chi connectivity index (χ4n) is 7.89. The highest BCUT2D eigenvalue weighted by molar-refractivity contribution is 6.24. The molecule has 0 amide bonds. The first kappa shape index (κ1) is 31.8. The molecule has 0 spiro atoms. The van der Waals surface area contributed by atoms with Crippen LogP contribution in [-0.2, 0) is 0 Å². The number of benzene rings is 7. The van der Waals surface area contributed by atoms with Gasteiger partial charge in [0.1, 0.15) is 11.2 Å². The Morgan fingerprint density at radius 1 is 0.411 bits per heavy atom. The lowest BCUT2D eigenvalue weighted by atomic mass is 9.98. The van der Waals surface area contributed by atoms with E-state index in [1.807, 2.05) is 85.1 Å². The third kappa shape index (κ3) is 5.27. The first-order chi connectivity index (χ1) is 27.8. The first-order valence-electron chi connectivity index (χ1n) is 18.6. The molecular formula is C50H31N5O. The zero-order valence-electron chi connectivity index (χ0n) is 30.0. The number of aromatic nitrogens is 5. The van der Waals surface area contributed by atoms with Crippen LogP contribution in [0.3, 0.4) is 0 Å². The lowest BCUT2D eigenvalue weighted by molar-refractivity contribution is 0.669. The highest BCUT2D eigenvalue weighted by Gasteiger charge is 2.22. The van der Waals surface area contributed by atoms with E-state index in [2.05, 4.69) is 108 Å². The van der Waals surface area contributed by atoms with Gasteiger partial charge in [0, 0.05) is 55.9 Å². The van der Waals surface area contributed by atoms with Crippen LogP contribution in [0.1, 0.15) is 0 Å². The third-order valence-electron chi connectivity index (χ3n) is 10.5. The van der Waals surface area contributed by atoms with Crippen molar-refractivity contribution in [1.29, 1.82) is 0 Å². The number of nitrogens with zero attached hydrogens (tertiary/aromatic N) is 5. The Hall–Kier alpha value is -7.70. The van der Waals surface area contributed by atoms with Crippen molar-refractivity contribution >= 4 is 43.7 Å². The largest absolute Gasteiger partial charge is 0.456 e. The smallest absolute Gasteiger partial charge is 0.166 e. The maximum Gasteiger partial charge on any atom is 0.166 e. The van der Waals surface area contributed by atoms with Gasteiger partial charge < -0.3 is 8.98 Å². The molecule has 4 heterocycles. The summed E-state index contributed by atoms with van der Waals surface area (Å²) in [6, 6.07) is 62.3. The molecular weight excluding hydrogens is 687 g/mol. The molecule has 0 radical (unpaired) electrons. The fourth-order valence-corrected chi connectivity index (χ4v) is 7.89. The Morgan fingerprint density at radius 3 is 1.70 bits per heavy atom. The molecule has 0 aliphatic carbocycles. The minimum absolute atomic E-state index is 0.543. The Kier molecular flexibility index (Phi) is 7.38. The summed E-state index contributed by atoms with van der Waals surface area (Å²) < 4.78 is 8.95. The van der Waals surface area contributed by atoms with Crippen LogP contribution in [0.25, 0.3) is 106 Å². The maximum absolute atomic E-state index is 6.59. The molecule has 0 aliphatic heterocycles. The van der Waals surface area contributed by atoms with Crippen molar-refractivity contribution in [3.8, 4) is 62.2 Å². The summed E-state index contributed by atoms with van der Waals surface area (Å²) in [7, 11) is 0. The standard InChI is InChI=1S/C50H31N5O/c1-5-15-32(16-6-1)36-30-41(50-53-48(33-17-7-2-8-18-33)52-49(54-50)34-19-9-3-10-20-34)46(51-31-36)35-25-27-43-40(29-35)45-44(56-43)28-26-39-38-23-13-14-24-42(38)55(47(39)45)37-21-11-4-12-22-37/h1-31H. The van der Waals surface area contributed by atoms with Gasteiger partial charge in [-0.25, -0.2) is 15.0 Å². The summed E-state index contributed by atoms with van der Waals surface area (Å²) in [5, 5.41) is 4.42. The van der Waals surface area contributed by atoms with Crippen LogP contribution in [-0.4, -0.2) is 24.5 Å². The second-order valence-electron chi connectivity index (χ2n) is 13.9. The van der Waals surface area contributed by atoms with Crippen molar-refractivity contribution in [2.45, 2.75) is 0 Å². The number of pyridine rings is 1. The Bertz CT molecular complexity index is 3170. The van der Waals surface area contributed by atoms with Crippen LogP contribution in [0.15, 0.2) is 193 Å². The third-order valence-corrected chi connectivity index (χ3v) is 10.5. The lowest BCUT2D eigenvalue weighted by Gasteiger charge is -2.13. The zero-order chi connectivity index (χ0) is 37.0. The van der Waals surface area contributed by atoms with Gasteiger partial charge in [0.2, 0.25) is 0 Å². The molecule has 0 N–H and O–H groups in total. The second-order valence-corrected chi connectivity index (χ2v) is 13.9. The molecule has 11 aromatic rings. The number of hydrogen-bond donors (Lipinski definition) is 0. The van der Waals surface area contributed by atoms with E-state index < -0.39 is 0 Å². The molecule has 56 heavy (non-hydrogen) atoms. The molecule has 6 nitrogen and oxygen atoms in total. The molecule has 0 saturated heterocycles. The number of fused-ring (bicyclic) bond motifs is 7. The average Bonchev–Trinajstić information content (AvgIpc) is 3.82. The normalized spacial score (nSPS) is 11.6. The van der Waals surface area contributed by atoms with Crippen molar-refractivity contribution in [1.82, 2.24) is 24.5 Å². The van der Waals surface area contributed by atoms with Gasteiger partial charge >= 0.3 is 0 Å². The summed E-state index contributed by atoms with van der Waals surface area (Å²) in [5.41, 5.74) is 11.3. The first-order valence-corrected chi connectivity index (χ1v) is 18.6.